The lowest BCUT2D eigenvalue weighted by Crippen LogP contribution is -2.41. The first-order chi connectivity index (χ1) is 18.0. The van der Waals surface area contributed by atoms with Crippen LogP contribution in [0.15, 0.2) is 72.8 Å². The number of carbonyl (C=O) groups excluding carboxylic acids is 2. The summed E-state index contributed by atoms with van der Waals surface area (Å²) in [6.45, 7) is 1.83. The Labute approximate surface area is 234 Å². The molecule has 1 aliphatic rings. The number of amides is 1. The van der Waals surface area contributed by atoms with Crippen molar-refractivity contribution >= 4 is 46.7 Å². The molecule has 0 bridgehead atoms. The molecule has 1 N–H and O–H groups in total. The SMILES string of the molecule is CC(NC(=O)C1CC1)c1ccc(C(=O)CC(SCc2ccccc2)(c2cc(Cl)cc(Cl)c2)C(F)(F)F)cc1. The van der Waals surface area contributed by atoms with E-state index in [-0.39, 0.29) is 44.8 Å². The van der Waals surface area contributed by atoms with Crippen molar-refractivity contribution in [2.45, 2.75) is 48.9 Å². The number of Topliss-reactive ketones (excluding diaryl/α,β-unsaturated/α-hetero) is 1. The van der Waals surface area contributed by atoms with E-state index in [0.717, 1.165) is 18.4 Å². The Kier molecular flexibility index (Phi) is 8.80. The largest absolute Gasteiger partial charge is 0.407 e. The highest BCUT2D eigenvalue weighted by atomic mass is 35.5. The molecule has 1 aliphatic carbocycles. The lowest BCUT2D eigenvalue weighted by molar-refractivity contribution is -0.161. The van der Waals surface area contributed by atoms with Crippen molar-refractivity contribution < 1.29 is 22.8 Å². The molecule has 4 rings (SSSR count). The highest BCUT2D eigenvalue weighted by molar-refractivity contribution is 7.99. The smallest absolute Gasteiger partial charge is 0.349 e. The van der Waals surface area contributed by atoms with Crippen molar-refractivity contribution in [3.8, 4) is 0 Å². The van der Waals surface area contributed by atoms with Gasteiger partial charge in [0.15, 0.2) is 5.78 Å². The van der Waals surface area contributed by atoms with Crippen LogP contribution in [0.3, 0.4) is 0 Å². The van der Waals surface area contributed by atoms with Crippen LogP contribution in [0.1, 0.15) is 59.3 Å². The molecule has 0 radical (unpaired) electrons. The molecule has 3 aromatic rings. The van der Waals surface area contributed by atoms with Gasteiger partial charge in [-0.25, -0.2) is 0 Å². The van der Waals surface area contributed by atoms with Gasteiger partial charge in [-0.15, -0.1) is 11.8 Å². The van der Waals surface area contributed by atoms with Crippen molar-refractivity contribution in [2.24, 2.45) is 5.92 Å². The van der Waals surface area contributed by atoms with Crippen LogP contribution in [0.2, 0.25) is 10.0 Å². The van der Waals surface area contributed by atoms with E-state index in [9.17, 15) is 22.8 Å². The number of carbonyl (C=O) groups is 2. The first kappa shape index (κ1) is 28.5. The summed E-state index contributed by atoms with van der Waals surface area (Å²) in [5.74, 6) is -0.597. The number of nitrogens with one attached hydrogen (secondary N) is 1. The molecule has 38 heavy (non-hydrogen) atoms. The summed E-state index contributed by atoms with van der Waals surface area (Å²) >= 11 is 12.9. The number of ketones is 1. The molecule has 2 atom stereocenters. The summed E-state index contributed by atoms with van der Waals surface area (Å²) in [5.41, 5.74) is 1.43. The molecule has 0 aliphatic heterocycles. The minimum Gasteiger partial charge on any atom is -0.349 e. The van der Waals surface area contributed by atoms with Gasteiger partial charge >= 0.3 is 6.18 Å². The number of hydrogen-bond acceptors (Lipinski definition) is 3. The average Bonchev–Trinajstić information content (AvgIpc) is 3.71. The quantitative estimate of drug-likeness (QED) is 0.245. The minimum atomic E-state index is -4.79. The van der Waals surface area contributed by atoms with E-state index in [2.05, 4.69) is 5.32 Å². The van der Waals surface area contributed by atoms with Crippen molar-refractivity contribution in [2.75, 3.05) is 0 Å². The standard InChI is InChI=1S/C29H26Cl2F3NO2S/c1-18(35-27(37)22-11-12-22)20-7-9-21(10-8-20)26(36)16-28(29(32,33)34,23-13-24(30)15-25(31)14-23)38-17-19-5-3-2-4-6-19/h2-10,13-15,18,22H,11-12,16-17H2,1H3,(H,35,37). The van der Waals surface area contributed by atoms with E-state index in [1.54, 1.807) is 42.5 Å². The Morgan fingerprint density at radius 3 is 2.13 bits per heavy atom. The third-order valence-corrected chi connectivity index (χ3v) is 8.58. The number of benzene rings is 3. The second-order valence-electron chi connectivity index (χ2n) is 9.48. The maximum absolute atomic E-state index is 15.0. The summed E-state index contributed by atoms with van der Waals surface area (Å²) in [7, 11) is 0. The lowest BCUT2D eigenvalue weighted by atomic mass is 9.89. The minimum absolute atomic E-state index is 0.0109. The highest BCUT2D eigenvalue weighted by Crippen LogP contribution is 2.54. The van der Waals surface area contributed by atoms with E-state index in [1.165, 1.54) is 30.3 Å². The van der Waals surface area contributed by atoms with Crippen LogP contribution in [0.5, 0.6) is 0 Å². The van der Waals surface area contributed by atoms with Gasteiger partial charge in [0.25, 0.3) is 0 Å². The van der Waals surface area contributed by atoms with E-state index in [1.807, 2.05) is 6.92 Å². The number of thioether (sulfide) groups is 1. The Balaban J connectivity index is 1.63. The molecule has 0 heterocycles. The fourth-order valence-electron chi connectivity index (χ4n) is 4.20. The zero-order valence-corrected chi connectivity index (χ0v) is 22.9. The summed E-state index contributed by atoms with van der Waals surface area (Å²) in [5, 5.41) is 3.04. The van der Waals surface area contributed by atoms with Crippen molar-refractivity contribution in [1.82, 2.24) is 5.32 Å². The van der Waals surface area contributed by atoms with Crippen molar-refractivity contribution in [3.63, 3.8) is 0 Å². The van der Waals surface area contributed by atoms with Gasteiger partial charge in [-0.1, -0.05) is 77.8 Å². The number of rotatable bonds is 10. The average molecular weight is 580 g/mol. The molecule has 9 heteroatoms. The highest BCUT2D eigenvalue weighted by Gasteiger charge is 2.57. The molecule has 1 fully saturated rings. The molecule has 0 aromatic heterocycles. The maximum atomic E-state index is 15.0. The van der Waals surface area contributed by atoms with Gasteiger partial charge in [-0.2, -0.15) is 13.2 Å². The molecule has 200 valence electrons. The Morgan fingerprint density at radius 2 is 1.58 bits per heavy atom. The Bertz CT molecular complexity index is 1280. The van der Waals surface area contributed by atoms with Gasteiger partial charge in [-0.05, 0) is 54.7 Å². The van der Waals surface area contributed by atoms with E-state index in [0.29, 0.717) is 17.3 Å². The summed E-state index contributed by atoms with van der Waals surface area (Å²) < 4.78 is 42.3. The third-order valence-electron chi connectivity index (χ3n) is 6.56. The monoisotopic (exact) mass is 579 g/mol. The summed E-state index contributed by atoms with van der Waals surface area (Å²) in [4.78, 5) is 25.4. The van der Waals surface area contributed by atoms with Gasteiger partial charge in [-0.3, -0.25) is 9.59 Å². The van der Waals surface area contributed by atoms with Crippen LogP contribution >= 0.6 is 35.0 Å². The molecule has 2 unspecified atom stereocenters. The van der Waals surface area contributed by atoms with Gasteiger partial charge in [0.1, 0.15) is 4.75 Å². The van der Waals surface area contributed by atoms with Crippen LogP contribution in [0, 0.1) is 5.92 Å². The molecule has 0 saturated heterocycles. The predicted octanol–water partition coefficient (Wildman–Crippen LogP) is 8.54. The van der Waals surface area contributed by atoms with E-state index < -0.39 is 23.1 Å². The summed E-state index contributed by atoms with van der Waals surface area (Å²) in [6, 6.07) is 18.6. The maximum Gasteiger partial charge on any atom is 0.407 e. The lowest BCUT2D eigenvalue weighted by Gasteiger charge is -2.35. The van der Waals surface area contributed by atoms with Crippen molar-refractivity contribution in [3.05, 3.63) is 105 Å². The zero-order chi connectivity index (χ0) is 27.5. The van der Waals surface area contributed by atoms with E-state index in [4.69, 9.17) is 23.2 Å². The first-order valence-electron chi connectivity index (χ1n) is 12.1. The van der Waals surface area contributed by atoms with Crippen LogP contribution in [0.4, 0.5) is 13.2 Å². The molecular weight excluding hydrogens is 554 g/mol. The molecule has 3 aromatic carbocycles. The predicted molar refractivity (Wildman–Crippen MR) is 147 cm³/mol. The normalized spacial score (nSPS) is 15.9. The fraction of sp³-hybridized carbons (Fsp3) is 0.310. The second-order valence-corrected chi connectivity index (χ2v) is 11.6. The Morgan fingerprint density at radius 1 is 0.974 bits per heavy atom. The van der Waals surface area contributed by atoms with Gasteiger partial charge < -0.3 is 5.32 Å². The van der Waals surface area contributed by atoms with Crippen LogP contribution < -0.4 is 5.32 Å². The molecule has 1 saturated carbocycles. The van der Waals surface area contributed by atoms with Gasteiger partial charge in [0.05, 0.1) is 6.04 Å². The molecule has 0 spiro atoms. The topological polar surface area (TPSA) is 46.2 Å². The Hall–Kier alpha value is -2.48. The number of halogens is 5. The molecule has 1 amide bonds. The van der Waals surface area contributed by atoms with Crippen LogP contribution in [0.25, 0.3) is 0 Å². The van der Waals surface area contributed by atoms with Crippen LogP contribution in [-0.4, -0.2) is 17.9 Å². The van der Waals surface area contributed by atoms with Crippen molar-refractivity contribution in [1.29, 1.82) is 0 Å². The first-order valence-corrected chi connectivity index (χ1v) is 13.9. The van der Waals surface area contributed by atoms with Gasteiger partial charge in [0, 0.05) is 33.7 Å². The third kappa shape index (κ3) is 6.74. The van der Waals surface area contributed by atoms with Gasteiger partial charge in [0.2, 0.25) is 5.91 Å². The van der Waals surface area contributed by atoms with E-state index >= 15 is 0 Å². The summed E-state index contributed by atoms with van der Waals surface area (Å²) in [6.07, 6.45) is -3.87. The number of hydrogen-bond donors (Lipinski definition) is 1. The van der Waals surface area contributed by atoms with Crippen LogP contribution in [-0.2, 0) is 15.3 Å². The second kappa shape index (κ2) is 11.7. The zero-order valence-electron chi connectivity index (χ0n) is 20.5. The molecule has 3 nitrogen and oxygen atoms in total. The molecular formula is C29H26Cl2F3NO2S. The number of alkyl halides is 3. The fourth-order valence-corrected chi connectivity index (χ4v) is 6.01.